The van der Waals surface area contributed by atoms with Crippen LogP contribution in [-0.4, -0.2) is 74.2 Å². The van der Waals surface area contributed by atoms with Gasteiger partial charge in [0.2, 0.25) is 10.0 Å². The molecule has 2 atom stereocenters. The average Bonchev–Trinajstić information content (AvgIpc) is 2.72. The van der Waals surface area contributed by atoms with E-state index in [4.69, 9.17) is 4.74 Å². The van der Waals surface area contributed by atoms with E-state index in [1.165, 1.54) is 26.5 Å². The maximum Gasteiger partial charge on any atom is 0.250 e. The van der Waals surface area contributed by atoms with Crippen molar-refractivity contribution in [2.45, 2.75) is 12.1 Å². The van der Waals surface area contributed by atoms with E-state index in [1.54, 1.807) is 12.1 Å². The Morgan fingerprint density at radius 2 is 2.10 bits per heavy atom. The van der Waals surface area contributed by atoms with Crippen molar-refractivity contribution < 1.29 is 17.9 Å². The van der Waals surface area contributed by atoms with Gasteiger partial charge in [0.25, 0.3) is 5.91 Å². The zero-order valence-electron chi connectivity index (χ0n) is 16.1. The molecule has 3 rings (SSSR count). The maximum absolute atomic E-state index is 12.7. The molecule has 0 spiro atoms. The molecule has 10 nitrogen and oxygen atoms in total. The van der Waals surface area contributed by atoms with Gasteiger partial charge in [0.1, 0.15) is 17.7 Å². The summed E-state index contributed by atoms with van der Waals surface area (Å²) in [5.74, 6) is -0.790. The number of ether oxygens (including phenoxy) is 1. The summed E-state index contributed by atoms with van der Waals surface area (Å²) in [5.41, 5.74) is 1.50. The van der Waals surface area contributed by atoms with Gasteiger partial charge in [-0.3, -0.25) is 14.8 Å². The number of nitrogens with one attached hydrogen (secondary N) is 2. The molecule has 1 saturated heterocycles. The normalized spacial score (nSPS) is 18.3. The fourth-order valence-electron chi connectivity index (χ4n) is 3.02. The summed E-state index contributed by atoms with van der Waals surface area (Å²) in [6.45, 7) is 1.38. The molecule has 0 radical (unpaired) electrons. The van der Waals surface area contributed by atoms with Crippen molar-refractivity contribution >= 4 is 27.0 Å². The Labute approximate surface area is 168 Å². The van der Waals surface area contributed by atoms with Crippen molar-refractivity contribution in [3.63, 3.8) is 0 Å². The highest BCUT2D eigenvalue weighted by Crippen LogP contribution is 2.26. The SMILES string of the molecule is CN(C)S(=O)(=O)C[C@H](NC(=O)[C@H]1CNCCO1)c1ccc(C#N)c2nccnc12. The summed E-state index contributed by atoms with van der Waals surface area (Å²) in [7, 11) is -0.798. The largest absolute Gasteiger partial charge is 0.366 e. The van der Waals surface area contributed by atoms with Crippen LogP contribution in [0.4, 0.5) is 0 Å². The Morgan fingerprint density at radius 1 is 1.38 bits per heavy atom. The zero-order chi connectivity index (χ0) is 21.0. The predicted molar refractivity (Wildman–Crippen MR) is 105 cm³/mol. The van der Waals surface area contributed by atoms with Gasteiger partial charge in [-0.2, -0.15) is 5.26 Å². The fourth-order valence-corrected chi connectivity index (χ4v) is 4.00. The van der Waals surface area contributed by atoms with E-state index in [0.717, 1.165) is 4.31 Å². The molecule has 2 aromatic rings. The van der Waals surface area contributed by atoms with Gasteiger partial charge < -0.3 is 15.4 Å². The third-order valence-corrected chi connectivity index (χ3v) is 6.49. The number of amides is 1. The first-order valence-electron chi connectivity index (χ1n) is 9.00. The molecule has 1 aliphatic rings. The molecule has 1 fully saturated rings. The molecular weight excluding hydrogens is 396 g/mol. The highest BCUT2D eigenvalue weighted by atomic mass is 32.2. The quantitative estimate of drug-likeness (QED) is 0.643. The molecule has 0 bridgehead atoms. The molecule has 11 heteroatoms. The van der Waals surface area contributed by atoms with Crippen LogP contribution in [-0.2, 0) is 19.6 Å². The molecule has 29 heavy (non-hydrogen) atoms. The van der Waals surface area contributed by atoms with Crippen LogP contribution in [0.25, 0.3) is 11.0 Å². The molecular formula is C18H22N6O4S. The van der Waals surface area contributed by atoms with Crippen molar-refractivity contribution in [1.29, 1.82) is 5.26 Å². The first-order valence-corrected chi connectivity index (χ1v) is 10.6. The maximum atomic E-state index is 12.7. The molecule has 2 heterocycles. The van der Waals surface area contributed by atoms with Gasteiger partial charge in [-0.25, -0.2) is 12.7 Å². The number of aromatic nitrogens is 2. The van der Waals surface area contributed by atoms with Gasteiger partial charge in [0.05, 0.1) is 29.5 Å². The minimum atomic E-state index is -3.66. The third-order valence-electron chi connectivity index (χ3n) is 4.62. The predicted octanol–water partition coefficient (Wildman–Crippen LogP) is -0.461. The van der Waals surface area contributed by atoms with Crippen LogP contribution in [0, 0.1) is 11.3 Å². The Bertz CT molecular complexity index is 1040. The summed E-state index contributed by atoms with van der Waals surface area (Å²) in [4.78, 5) is 21.2. The van der Waals surface area contributed by atoms with Crippen LogP contribution < -0.4 is 10.6 Å². The number of benzene rings is 1. The Kier molecular flexibility index (Phi) is 6.39. The number of rotatable bonds is 6. The zero-order valence-corrected chi connectivity index (χ0v) is 16.9. The van der Waals surface area contributed by atoms with Crippen molar-refractivity contribution in [3.05, 3.63) is 35.7 Å². The topological polar surface area (TPSA) is 137 Å². The minimum absolute atomic E-state index is 0.317. The summed E-state index contributed by atoms with van der Waals surface area (Å²) in [5, 5.41) is 15.2. The Balaban J connectivity index is 2.02. The number of hydrogen-bond donors (Lipinski definition) is 2. The van der Waals surface area contributed by atoms with Gasteiger partial charge in [0, 0.05) is 45.1 Å². The lowest BCUT2D eigenvalue weighted by Crippen LogP contribution is -2.49. The number of sulfonamides is 1. The van der Waals surface area contributed by atoms with Crippen LogP contribution in [0.5, 0.6) is 0 Å². The van der Waals surface area contributed by atoms with Crippen LogP contribution in [0.1, 0.15) is 17.2 Å². The summed E-state index contributed by atoms with van der Waals surface area (Å²) < 4.78 is 31.7. The second-order valence-electron chi connectivity index (χ2n) is 6.75. The average molecular weight is 418 g/mol. The molecule has 154 valence electrons. The summed E-state index contributed by atoms with van der Waals surface area (Å²) in [6, 6.07) is 4.31. The molecule has 1 aromatic heterocycles. The fraction of sp³-hybridized carbons (Fsp3) is 0.444. The summed E-state index contributed by atoms with van der Waals surface area (Å²) in [6.07, 6.45) is 2.20. The molecule has 0 unspecified atom stereocenters. The van der Waals surface area contributed by atoms with Gasteiger partial charge in [0.15, 0.2) is 0 Å². The third kappa shape index (κ3) is 4.68. The first kappa shape index (κ1) is 21.1. The molecule has 0 aliphatic carbocycles. The smallest absolute Gasteiger partial charge is 0.250 e. The first-order chi connectivity index (χ1) is 13.8. The summed E-state index contributed by atoms with van der Waals surface area (Å²) >= 11 is 0. The van der Waals surface area contributed by atoms with E-state index in [0.29, 0.717) is 41.9 Å². The van der Waals surface area contributed by atoms with Gasteiger partial charge >= 0.3 is 0 Å². The van der Waals surface area contributed by atoms with Crippen LogP contribution in [0.3, 0.4) is 0 Å². The van der Waals surface area contributed by atoms with E-state index in [2.05, 4.69) is 26.7 Å². The van der Waals surface area contributed by atoms with E-state index >= 15 is 0 Å². The van der Waals surface area contributed by atoms with E-state index in [-0.39, 0.29) is 5.75 Å². The van der Waals surface area contributed by atoms with E-state index in [1.807, 2.05) is 0 Å². The lowest BCUT2D eigenvalue weighted by atomic mass is 10.0. The molecule has 1 aromatic carbocycles. The van der Waals surface area contributed by atoms with Crippen LogP contribution in [0.2, 0.25) is 0 Å². The Hall–Kier alpha value is -2.65. The highest BCUT2D eigenvalue weighted by Gasteiger charge is 2.30. The van der Waals surface area contributed by atoms with Crippen molar-refractivity contribution in [2.75, 3.05) is 39.5 Å². The minimum Gasteiger partial charge on any atom is -0.366 e. The van der Waals surface area contributed by atoms with Crippen LogP contribution >= 0.6 is 0 Å². The van der Waals surface area contributed by atoms with Gasteiger partial charge in [-0.05, 0) is 6.07 Å². The molecule has 2 N–H and O–H groups in total. The van der Waals surface area contributed by atoms with Gasteiger partial charge in [-0.1, -0.05) is 6.07 Å². The number of hydrogen-bond acceptors (Lipinski definition) is 8. The standard InChI is InChI=1S/C18H22N6O4S/c1-24(2)29(26,27)11-14(23-18(25)15-10-20-7-8-28-15)13-4-3-12(9-19)16-17(13)22-6-5-21-16/h3-6,14-15,20H,7-8,10-11H2,1-2H3,(H,23,25)/t14-,15+/m0/s1. The van der Waals surface area contributed by atoms with E-state index < -0.39 is 28.1 Å². The van der Waals surface area contributed by atoms with Crippen molar-refractivity contribution in [2.24, 2.45) is 0 Å². The Morgan fingerprint density at radius 3 is 2.72 bits per heavy atom. The second-order valence-corrected chi connectivity index (χ2v) is 8.98. The van der Waals surface area contributed by atoms with Gasteiger partial charge in [-0.15, -0.1) is 0 Å². The number of morpholine rings is 1. The van der Waals surface area contributed by atoms with Crippen molar-refractivity contribution in [3.8, 4) is 6.07 Å². The second kappa shape index (κ2) is 8.79. The van der Waals surface area contributed by atoms with E-state index in [9.17, 15) is 18.5 Å². The molecule has 0 saturated carbocycles. The van der Waals surface area contributed by atoms with Crippen molar-refractivity contribution in [1.82, 2.24) is 24.9 Å². The number of nitriles is 1. The molecule has 1 aliphatic heterocycles. The number of carbonyl (C=O) groups excluding carboxylic acids is 1. The number of fused-ring (bicyclic) bond motifs is 1. The lowest BCUT2D eigenvalue weighted by Gasteiger charge is -2.27. The highest BCUT2D eigenvalue weighted by molar-refractivity contribution is 7.89. The number of carbonyl (C=O) groups is 1. The molecule has 1 amide bonds. The monoisotopic (exact) mass is 418 g/mol. The van der Waals surface area contributed by atoms with Crippen LogP contribution in [0.15, 0.2) is 24.5 Å². The number of nitrogens with zero attached hydrogens (tertiary/aromatic N) is 4. The lowest BCUT2D eigenvalue weighted by molar-refractivity contribution is -0.134.